The van der Waals surface area contributed by atoms with Gasteiger partial charge in [0.15, 0.2) is 0 Å². The van der Waals surface area contributed by atoms with E-state index in [0.717, 1.165) is 16.7 Å². The molecule has 0 aliphatic carbocycles. The molecule has 29 heavy (non-hydrogen) atoms. The Labute approximate surface area is 171 Å². The number of aryl methyl sites for hydroxylation is 2. The molecule has 0 atom stereocenters. The molecular formula is C23H22N2O3S. The molecule has 0 amide bonds. The second kappa shape index (κ2) is 8.38. The Bertz CT molecular complexity index is 1150. The van der Waals surface area contributed by atoms with Crippen LogP contribution in [0.1, 0.15) is 22.3 Å². The van der Waals surface area contributed by atoms with Gasteiger partial charge in [0.1, 0.15) is 12.4 Å². The fourth-order valence-corrected chi connectivity index (χ4v) is 4.05. The Morgan fingerprint density at radius 2 is 1.59 bits per heavy atom. The first kappa shape index (κ1) is 20.4. The number of nitrogens with zero attached hydrogens (tertiary/aromatic N) is 2. The molecule has 0 spiro atoms. The van der Waals surface area contributed by atoms with Crippen LogP contribution >= 0.6 is 0 Å². The molecule has 3 aromatic rings. The summed E-state index contributed by atoms with van der Waals surface area (Å²) in [5.74, 6) is 0.634. The van der Waals surface area contributed by atoms with Crippen LogP contribution in [-0.4, -0.2) is 15.5 Å². The average molecular weight is 407 g/mol. The topological polar surface area (TPSA) is 70.4 Å². The molecule has 0 unspecified atom stereocenters. The largest absolute Gasteiger partial charge is 0.489 e. The van der Waals surface area contributed by atoms with Crippen molar-refractivity contribution in [3.8, 4) is 11.8 Å². The number of benzene rings is 3. The summed E-state index contributed by atoms with van der Waals surface area (Å²) in [5, 5.41) is 8.83. The minimum atomic E-state index is -3.64. The zero-order valence-electron chi connectivity index (χ0n) is 16.6. The van der Waals surface area contributed by atoms with Gasteiger partial charge in [-0.2, -0.15) is 5.26 Å². The van der Waals surface area contributed by atoms with E-state index in [4.69, 9.17) is 10.00 Å². The van der Waals surface area contributed by atoms with Crippen LogP contribution in [0, 0.1) is 25.2 Å². The van der Waals surface area contributed by atoms with Gasteiger partial charge in [-0.3, -0.25) is 4.31 Å². The molecule has 0 fully saturated rings. The molecule has 148 valence electrons. The first-order valence-corrected chi connectivity index (χ1v) is 10.5. The second-order valence-corrected chi connectivity index (χ2v) is 8.78. The van der Waals surface area contributed by atoms with Crippen LogP contribution in [-0.2, 0) is 16.6 Å². The molecule has 0 aliphatic rings. The number of hydrogen-bond acceptors (Lipinski definition) is 4. The standard InChI is InChI=1S/C23H22N2O3S/c1-17-4-13-23(14-18(17)2)29(26,27)25(3)21-9-11-22(12-10-21)28-16-20-7-5-19(15-24)6-8-20/h4-14H,16H2,1-3H3. The highest BCUT2D eigenvalue weighted by molar-refractivity contribution is 7.92. The van der Waals surface area contributed by atoms with Crippen LogP contribution in [0.4, 0.5) is 5.69 Å². The van der Waals surface area contributed by atoms with Crippen molar-refractivity contribution in [2.75, 3.05) is 11.4 Å². The van der Waals surface area contributed by atoms with E-state index in [0.29, 0.717) is 23.6 Å². The van der Waals surface area contributed by atoms with Crippen LogP contribution in [0.5, 0.6) is 5.75 Å². The highest BCUT2D eigenvalue weighted by Gasteiger charge is 2.21. The summed E-state index contributed by atoms with van der Waals surface area (Å²) in [7, 11) is -2.10. The normalized spacial score (nSPS) is 11.0. The quantitative estimate of drug-likeness (QED) is 0.601. The summed E-state index contributed by atoms with van der Waals surface area (Å²) in [6.07, 6.45) is 0. The predicted molar refractivity (Wildman–Crippen MR) is 113 cm³/mol. The summed E-state index contributed by atoms with van der Waals surface area (Å²) in [6, 6.07) is 21.3. The summed E-state index contributed by atoms with van der Waals surface area (Å²) < 4.78 is 32.8. The van der Waals surface area contributed by atoms with Crippen LogP contribution in [0.15, 0.2) is 71.6 Å². The van der Waals surface area contributed by atoms with E-state index >= 15 is 0 Å². The van der Waals surface area contributed by atoms with Crippen molar-refractivity contribution < 1.29 is 13.2 Å². The molecule has 0 aromatic heterocycles. The number of ether oxygens (including phenoxy) is 1. The first-order valence-electron chi connectivity index (χ1n) is 9.09. The lowest BCUT2D eigenvalue weighted by atomic mass is 10.1. The molecule has 0 bridgehead atoms. The lowest BCUT2D eigenvalue weighted by Gasteiger charge is -2.20. The number of hydrogen-bond donors (Lipinski definition) is 0. The Kier molecular flexibility index (Phi) is 5.90. The van der Waals surface area contributed by atoms with Gasteiger partial charge < -0.3 is 4.74 Å². The highest BCUT2D eigenvalue weighted by Crippen LogP contribution is 2.25. The van der Waals surface area contributed by atoms with Crippen LogP contribution in [0.2, 0.25) is 0 Å². The summed E-state index contributed by atoms with van der Waals surface area (Å²) in [6.45, 7) is 4.21. The van der Waals surface area contributed by atoms with E-state index in [9.17, 15) is 8.42 Å². The van der Waals surface area contributed by atoms with Crippen molar-refractivity contribution in [2.45, 2.75) is 25.3 Å². The van der Waals surface area contributed by atoms with E-state index < -0.39 is 10.0 Å². The molecule has 0 heterocycles. The van der Waals surface area contributed by atoms with Gasteiger partial charge >= 0.3 is 0 Å². The maximum absolute atomic E-state index is 12.9. The van der Waals surface area contributed by atoms with Crippen molar-refractivity contribution in [1.82, 2.24) is 0 Å². The second-order valence-electron chi connectivity index (χ2n) is 6.81. The zero-order valence-corrected chi connectivity index (χ0v) is 17.4. The van der Waals surface area contributed by atoms with Gasteiger partial charge in [-0.15, -0.1) is 0 Å². The minimum absolute atomic E-state index is 0.268. The van der Waals surface area contributed by atoms with Gasteiger partial charge in [-0.1, -0.05) is 18.2 Å². The molecule has 0 saturated heterocycles. The maximum Gasteiger partial charge on any atom is 0.264 e. The molecule has 5 nitrogen and oxygen atoms in total. The van der Waals surface area contributed by atoms with Crippen molar-refractivity contribution in [2.24, 2.45) is 0 Å². The minimum Gasteiger partial charge on any atom is -0.489 e. The molecular weight excluding hydrogens is 384 g/mol. The molecule has 3 rings (SSSR count). The Hall–Kier alpha value is -3.30. The molecule has 0 N–H and O–H groups in total. The Morgan fingerprint density at radius 1 is 0.931 bits per heavy atom. The van der Waals surface area contributed by atoms with Crippen molar-refractivity contribution >= 4 is 15.7 Å². The monoisotopic (exact) mass is 406 g/mol. The van der Waals surface area contributed by atoms with Gasteiger partial charge in [-0.05, 0) is 79.1 Å². The number of sulfonamides is 1. The predicted octanol–water partition coefficient (Wildman–Crippen LogP) is 4.58. The van der Waals surface area contributed by atoms with E-state index in [1.807, 2.05) is 32.0 Å². The smallest absolute Gasteiger partial charge is 0.264 e. The van der Waals surface area contributed by atoms with E-state index in [-0.39, 0.29) is 4.90 Å². The third kappa shape index (κ3) is 4.58. The van der Waals surface area contributed by atoms with Gasteiger partial charge in [-0.25, -0.2) is 8.42 Å². The Morgan fingerprint density at radius 3 is 2.17 bits per heavy atom. The van der Waals surface area contributed by atoms with Gasteiger partial charge in [0.25, 0.3) is 10.0 Å². The van der Waals surface area contributed by atoms with Crippen LogP contribution in [0.25, 0.3) is 0 Å². The van der Waals surface area contributed by atoms with E-state index in [1.54, 1.807) is 48.5 Å². The fourth-order valence-electron chi connectivity index (χ4n) is 2.77. The zero-order chi connectivity index (χ0) is 21.0. The molecule has 3 aromatic carbocycles. The molecule has 0 radical (unpaired) electrons. The van der Waals surface area contributed by atoms with E-state index in [1.165, 1.54) is 11.4 Å². The molecule has 0 saturated carbocycles. The molecule has 0 aliphatic heterocycles. The first-order chi connectivity index (χ1) is 13.8. The lowest BCUT2D eigenvalue weighted by Crippen LogP contribution is -2.26. The SMILES string of the molecule is Cc1ccc(S(=O)(=O)N(C)c2ccc(OCc3ccc(C#N)cc3)cc2)cc1C. The number of anilines is 1. The highest BCUT2D eigenvalue weighted by atomic mass is 32.2. The lowest BCUT2D eigenvalue weighted by molar-refractivity contribution is 0.306. The van der Waals surface area contributed by atoms with Crippen LogP contribution in [0.3, 0.4) is 0 Å². The maximum atomic E-state index is 12.9. The number of nitriles is 1. The third-order valence-corrected chi connectivity index (χ3v) is 6.61. The summed E-state index contributed by atoms with van der Waals surface area (Å²) in [5.41, 5.74) is 4.09. The molecule has 6 heteroatoms. The Balaban J connectivity index is 1.71. The van der Waals surface area contributed by atoms with Crippen molar-refractivity contribution in [3.63, 3.8) is 0 Å². The van der Waals surface area contributed by atoms with E-state index in [2.05, 4.69) is 6.07 Å². The fraction of sp³-hybridized carbons (Fsp3) is 0.174. The van der Waals surface area contributed by atoms with Gasteiger partial charge in [0.2, 0.25) is 0 Å². The van der Waals surface area contributed by atoms with Gasteiger partial charge in [0, 0.05) is 7.05 Å². The third-order valence-electron chi connectivity index (χ3n) is 4.83. The van der Waals surface area contributed by atoms with Gasteiger partial charge in [0.05, 0.1) is 22.2 Å². The average Bonchev–Trinajstić information content (AvgIpc) is 2.74. The summed E-state index contributed by atoms with van der Waals surface area (Å²) in [4.78, 5) is 0.268. The van der Waals surface area contributed by atoms with Crippen molar-refractivity contribution in [3.05, 3.63) is 89.0 Å². The summed E-state index contributed by atoms with van der Waals surface area (Å²) >= 11 is 0. The van der Waals surface area contributed by atoms with Crippen molar-refractivity contribution in [1.29, 1.82) is 5.26 Å². The number of rotatable bonds is 6. The van der Waals surface area contributed by atoms with Crippen LogP contribution < -0.4 is 9.04 Å².